The molecular weight excluding hydrogens is 254 g/mol. The van der Waals surface area contributed by atoms with Crippen molar-refractivity contribution >= 4 is 11.8 Å². The molecule has 0 aromatic heterocycles. The second kappa shape index (κ2) is 8.32. The molecule has 0 fully saturated rings. The number of amides is 2. The van der Waals surface area contributed by atoms with Gasteiger partial charge in [0.2, 0.25) is 11.8 Å². The Kier molecular flexibility index (Phi) is 6.73. The molecule has 1 aromatic rings. The van der Waals surface area contributed by atoms with E-state index >= 15 is 0 Å². The van der Waals surface area contributed by atoms with E-state index in [9.17, 15) is 9.59 Å². The van der Waals surface area contributed by atoms with E-state index in [4.69, 9.17) is 5.73 Å². The topological polar surface area (TPSA) is 75.4 Å². The highest BCUT2D eigenvalue weighted by Gasteiger charge is 2.14. The fourth-order valence-corrected chi connectivity index (χ4v) is 1.74. The molecule has 0 radical (unpaired) electrons. The molecule has 5 nitrogen and oxygen atoms in total. The Labute approximate surface area is 120 Å². The first kappa shape index (κ1) is 16.2. The van der Waals surface area contributed by atoms with Gasteiger partial charge in [-0.25, -0.2) is 0 Å². The van der Waals surface area contributed by atoms with Gasteiger partial charge >= 0.3 is 0 Å². The molecule has 0 bridgehead atoms. The standard InChI is InChI=1S/C15H23N3O2/c1-12(2)17-10-15(20)18(9-8-14(16)19)11-13-6-4-3-5-7-13/h3-7,12,17H,8-11H2,1-2H3,(H2,16,19). The van der Waals surface area contributed by atoms with Crippen LogP contribution in [-0.4, -0.2) is 35.8 Å². The second-order valence-corrected chi connectivity index (χ2v) is 5.05. The van der Waals surface area contributed by atoms with E-state index < -0.39 is 5.91 Å². The van der Waals surface area contributed by atoms with Crippen LogP contribution in [0, 0.1) is 0 Å². The highest BCUT2D eigenvalue weighted by molar-refractivity contribution is 5.79. The third kappa shape index (κ3) is 6.33. The maximum atomic E-state index is 12.2. The molecule has 0 atom stereocenters. The van der Waals surface area contributed by atoms with E-state index in [2.05, 4.69) is 5.32 Å². The summed E-state index contributed by atoms with van der Waals surface area (Å²) < 4.78 is 0. The number of hydrogen-bond acceptors (Lipinski definition) is 3. The Bertz CT molecular complexity index is 432. The lowest BCUT2D eigenvalue weighted by molar-refractivity contribution is -0.131. The van der Waals surface area contributed by atoms with Crippen molar-refractivity contribution < 1.29 is 9.59 Å². The first-order valence-corrected chi connectivity index (χ1v) is 6.82. The van der Waals surface area contributed by atoms with Crippen LogP contribution >= 0.6 is 0 Å². The number of nitrogens with zero attached hydrogens (tertiary/aromatic N) is 1. The summed E-state index contributed by atoms with van der Waals surface area (Å²) in [6, 6.07) is 9.95. The molecule has 0 unspecified atom stereocenters. The van der Waals surface area contributed by atoms with Gasteiger partial charge in [0, 0.05) is 25.6 Å². The van der Waals surface area contributed by atoms with Crippen molar-refractivity contribution in [2.45, 2.75) is 32.9 Å². The lowest BCUT2D eigenvalue weighted by Gasteiger charge is -2.23. The fourth-order valence-electron chi connectivity index (χ4n) is 1.74. The van der Waals surface area contributed by atoms with Gasteiger partial charge in [-0.05, 0) is 5.56 Å². The van der Waals surface area contributed by atoms with Crippen LogP contribution in [0.3, 0.4) is 0 Å². The van der Waals surface area contributed by atoms with Crippen LogP contribution in [0.1, 0.15) is 25.8 Å². The fraction of sp³-hybridized carbons (Fsp3) is 0.467. The number of nitrogens with two attached hydrogens (primary N) is 1. The summed E-state index contributed by atoms with van der Waals surface area (Å²) in [5, 5.41) is 3.09. The van der Waals surface area contributed by atoms with Gasteiger partial charge in [-0.3, -0.25) is 9.59 Å². The van der Waals surface area contributed by atoms with Crippen LogP contribution in [0.4, 0.5) is 0 Å². The van der Waals surface area contributed by atoms with Crippen molar-refractivity contribution in [3.05, 3.63) is 35.9 Å². The predicted octanol–water partition coefficient (Wildman–Crippen LogP) is 0.889. The van der Waals surface area contributed by atoms with Crippen LogP contribution in [-0.2, 0) is 16.1 Å². The SMILES string of the molecule is CC(C)NCC(=O)N(CCC(N)=O)Cc1ccccc1. The summed E-state index contributed by atoms with van der Waals surface area (Å²) in [5.74, 6) is -0.420. The van der Waals surface area contributed by atoms with Crippen LogP contribution in [0.5, 0.6) is 0 Å². The summed E-state index contributed by atoms with van der Waals surface area (Å²) in [5.41, 5.74) is 6.20. The van der Waals surface area contributed by atoms with Gasteiger partial charge in [0.05, 0.1) is 6.54 Å². The first-order valence-electron chi connectivity index (χ1n) is 6.82. The minimum atomic E-state index is -0.396. The minimum Gasteiger partial charge on any atom is -0.370 e. The zero-order valence-corrected chi connectivity index (χ0v) is 12.1. The highest BCUT2D eigenvalue weighted by Crippen LogP contribution is 2.05. The molecule has 3 N–H and O–H groups in total. The van der Waals surface area contributed by atoms with E-state index in [1.165, 1.54) is 0 Å². The highest BCUT2D eigenvalue weighted by atomic mass is 16.2. The molecule has 0 aliphatic rings. The molecule has 0 heterocycles. The molecule has 2 amide bonds. The van der Waals surface area contributed by atoms with Crippen molar-refractivity contribution in [2.75, 3.05) is 13.1 Å². The molecule has 110 valence electrons. The average molecular weight is 277 g/mol. The third-order valence-corrected chi connectivity index (χ3v) is 2.86. The number of hydrogen-bond donors (Lipinski definition) is 2. The Morgan fingerprint density at radius 3 is 2.45 bits per heavy atom. The van der Waals surface area contributed by atoms with Gasteiger partial charge in [-0.1, -0.05) is 44.2 Å². The number of rotatable bonds is 8. The Morgan fingerprint density at radius 1 is 1.25 bits per heavy atom. The zero-order valence-electron chi connectivity index (χ0n) is 12.1. The van der Waals surface area contributed by atoms with Crippen molar-refractivity contribution in [3.8, 4) is 0 Å². The van der Waals surface area contributed by atoms with Crippen molar-refractivity contribution in [2.24, 2.45) is 5.73 Å². The van der Waals surface area contributed by atoms with Crippen LogP contribution in [0.2, 0.25) is 0 Å². The Morgan fingerprint density at radius 2 is 1.90 bits per heavy atom. The zero-order chi connectivity index (χ0) is 15.0. The number of primary amides is 1. The average Bonchev–Trinajstić information content (AvgIpc) is 2.41. The molecule has 0 saturated carbocycles. The largest absolute Gasteiger partial charge is 0.370 e. The molecule has 1 aromatic carbocycles. The van der Waals surface area contributed by atoms with Gasteiger partial charge < -0.3 is 16.0 Å². The monoisotopic (exact) mass is 277 g/mol. The predicted molar refractivity (Wildman–Crippen MR) is 78.8 cm³/mol. The van der Waals surface area contributed by atoms with E-state index in [0.29, 0.717) is 13.1 Å². The van der Waals surface area contributed by atoms with Gasteiger partial charge in [0.25, 0.3) is 0 Å². The summed E-state index contributed by atoms with van der Waals surface area (Å²) in [4.78, 5) is 24.8. The lowest BCUT2D eigenvalue weighted by atomic mass is 10.2. The maximum absolute atomic E-state index is 12.2. The Balaban J connectivity index is 2.63. The molecule has 1 rings (SSSR count). The maximum Gasteiger partial charge on any atom is 0.236 e. The van der Waals surface area contributed by atoms with Crippen molar-refractivity contribution in [3.63, 3.8) is 0 Å². The number of nitrogens with one attached hydrogen (secondary N) is 1. The Hall–Kier alpha value is -1.88. The van der Waals surface area contributed by atoms with Crippen LogP contribution in [0.25, 0.3) is 0 Å². The quantitative estimate of drug-likeness (QED) is 0.741. The number of benzene rings is 1. The molecule has 0 aliphatic heterocycles. The summed E-state index contributed by atoms with van der Waals surface area (Å²) in [6.45, 7) is 5.08. The molecule has 0 saturated heterocycles. The summed E-state index contributed by atoms with van der Waals surface area (Å²) in [7, 11) is 0. The molecule has 20 heavy (non-hydrogen) atoms. The van der Waals surface area contributed by atoms with Gasteiger partial charge in [0.15, 0.2) is 0 Å². The molecule has 5 heteroatoms. The van der Waals surface area contributed by atoms with E-state index in [-0.39, 0.29) is 24.9 Å². The first-order chi connectivity index (χ1) is 9.49. The normalized spacial score (nSPS) is 10.6. The lowest BCUT2D eigenvalue weighted by Crippen LogP contribution is -2.41. The van der Waals surface area contributed by atoms with E-state index in [1.54, 1.807) is 4.90 Å². The van der Waals surface area contributed by atoms with Gasteiger partial charge in [-0.2, -0.15) is 0 Å². The molecular formula is C15H23N3O2. The van der Waals surface area contributed by atoms with Gasteiger partial charge in [0.1, 0.15) is 0 Å². The minimum absolute atomic E-state index is 0.0243. The third-order valence-electron chi connectivity index (χ3n) is 2.86. The summed E-state index contributed by atoms with van der Waals surface area (Å²) in [6.07, 6.45) is 0.181. The smallest absolute Gasteiger partial charge is 0.236 e. The van der Waals surface area contributed by atoms with Crippen LogP contribution < -0.4 is 11.1 Å². The van der Waals surface area contributed by atoms with E-state index in [1.807, 2.05) is 44.2 Å². The second-order valence-electron chi connectivity index (χ2n) is 5.05. The molecule has 0 spiro atoms. The summed E-state index contributed by atoms with van der Waals surface area (Å²) >= 11 is 0. The molecule has 0 aliphatic carbocycles. The number of carbonyl (C=O) groups excluding carboxylic acids is 2. The van der Waals surface area contributed by atoms with Gasteiger partial charge in [-0.15, -0.1) is 0 Å². The van der Waals surface area contributed by atoms with E-state index in [0.717, 1.165) is 5.56 Å². The van der Waals surface area contributed by atoms with Crippen molar-refractivity contribution in [1.29, 1.82) is 0 Å². The van der Waals surface area contributed by atoms with Crippen molar-refractivity contribution in [1.82, 2.24) is 10.2 Å². The number of carbonyl (C=O) groups is 2. The van der Waals surface area contributed by atoms with Crippen LogP contribution in [0.15, 0.2) is 30.3 Å².